The van der Waals surface area contributed by atoms with Gasteiger partial charge in [0.2, 0.25) is 0 Å². The first-order valence-electron chi connectivity index (χ1n) is 6.58. The zero-order valence-electron chi connectivity index (χ0n) is 12.2. The summed E-state index contributed by atoms with van der Waals surface area (Å²) >= 11 is 0. The molecule has 0 radical (unpaired) electrons. The highest BCUT2D eigenvalue weighted by atomic mass is 19.1. The molecule has 23 heavy (non-hydrogen) atoms. The number of aryl methyl sites for hydroxylation is 1. The molecule has 0 saturated heterocycles. The van der Waals surface area contributed by atoms with Gasteiger partial charge in [-0.1, -0.05) is 6.58 Å². The number of H-pyrrole nitrogens is 1. The number of amides is 1. The highest BCUT2D eigenvalue weighted by molar-refractivity contribution is 6.13. The van der Waals surface area contributed by atoms with Crippen LogP contribution in [-0.2, 0) is 0 Å². The number of alkyl halides is 1. The maximum atomic E-state index is 12.9. The lowest BCUT2D eigenvalue weighted by atomic mass is 10.2. The zero-order valence-corrected chi connectivity index (χ0v) is 12.2. The molecular formula is C13H13FN8O. The minimum atomic E-state index is -0.847. The van der Waals surface area contributed by atoms with Gasteiger partial charge < -0.3 is 11.1 Å². The van der Waals surface area contributed by atoms with E-state index in [0.29, 0.717) is 5.82 Å². The number of carbonyl (C=O) groups is 1. The number of aromatic nitrogens is 6. The van der Waals surface area contributed by atoms with Crippen LogP contribution in [0.2, 0.25) is 0 Å². The van der Waals surface area contributed by atoms with Crippen LogP contribution in [0.4, 0.5) is 16.0 Å². The van der Waals surface area contributed by atoms with E-state index in [1.165, 1.54) is 6.33 Å². The summed E-state index contributed by atoms with van der Waals surface area (Å²) in [5.74, 6) is -0.167. The summed E-state index contributed by atoms with van der Waals surface area (Å²) in [6.45, 7) is 4.51. The van der Waals surface area contributed by atoms with Gasteiger partial charge in [0.25, 0.3) is 5.91 Å². The number of carbonyl (C=O) groups excluding carboxylic acids is 1. The van der Waals surface area contributed by atoms with E-state index in [-0.39, 0.29) is 28.2 Å². The number of allylic oxidation sites excluding steroid dienone is 1. The van der Waals surface area contributed by atoms with E-state index < -0.39 is 12.6 Å². The number of nitrogens with two attached hydrogens (primary N) is 1. The van der Waals surface area contributed by atoms with Crippen molar-refractivity contribution in [3.05, 3.63) is 30.4 Å². The van der Waals surface area contributed by atoms with Crippen LogP contribution in [0.5, 0.6) is 0 Å². The van der Waals surface area contributed by atoms with Gasteiger partial charge in [-0.3, -0.25) is 9.89 Å². The number of rotatable bonds is 4. The van der Waals surface area contributed by atoms with Crippen LogP contribution in [0.1, 0.15) is 16.2 Å². The highest BCUT2D eigenvalue weighted by Gasteiger charge is 2.22. The third-order valence-corrected chi connectivity index (χ3v) is 3.11. The van der Waals surface area contributed by atoms with Crippen LogP contribution in [0, 0.1) is 6.92 Å². The number of hydrogen-bond donors (Lipinski definition) is 3. The van der Waals surface area contributed by atoms with E-state index in [9.17, 15) is 9.18 Å². The molecule has 118 valence electrons. The Morgan fingerprint density at radius 1 is 1.52 bits per heavy atom. The summed E-state index contributed by atoms with van der Waals surface area (Å²) in [7, 11) is 0. The standard InChI is InChI=1S/C13H13FN8O/c1-6-3-8(20-19-6)18-13(23)10-9-11(15)16-5-17-12(9)22(21-10)7(2)4-14/h3,5H,2,4H2,1H3,(H2,15,16,17)(H2,18,19,20,23). The van der Waals surface area contributed by atoms with Crippen molar-refractivity contribution in [3.63, 3.8) is 0 Å². The van der Waals surface area contributed by atoms with Gasteiger partial charge in [-0.25, -0.2) is 19.0 Å². The average Bonchev–Trinajstić information content (AvgIpc) is 3.11. The van der Waals surface area contributed by atoms with Crippen molar-refractivity contribution in [2.45, 2.75) is 6.92 Å². The van der Waals surface area contributed by atoms with Crippen LogP contribution in [0.15, 0.2) is 19.0 Å². The first kappa shape index (κ1) is 14.6. The predicted octanol–water partition coefficient (Wildman–Crippen LogP) is 1.13. The molecule has 3 rings (SSSR count). The van der Waals surface area contributed by atoms with Gasteiger partial charge in [-0.15, -0.1) is 0 Å². The molecule has 9 nitrogen and oxygen atoms in total. The monoisotopic (exact) mass is 316 g/mol. The second-order valence-electron chi connectivity index (χ2n) is 4.81. The maximum absolute atomic E-state index is 12.9. The van der Waals surface area contributed by atoms with Crippen molar-refractivity contribution in [2.75, 3.05) is 17.7 Å². The van der Waals surface area contributed by atoms with Crippen LogP contribution in [0.25, 0.3) is 16.7 Å². The van der Waals surface area contributed by atoms with Crippen molar-refractivity contribution >= 4 is 34.3 Å². The molecule has 4 N–H and O–H groups in total. The lowest BCUT2D eigenvalue weighted by Gasteiger charge is -2.01. The molecule has 3 aromatic heterocycles. The molecule has 0 aliphatic carbocycles. The smallest absolute Gasteiger partial charge is 0.278 e. The fourth-order valence-electron chi connectivity index (χ4n) is 2.07. The van der Waals surface area contributed by atoms with Crippen LogP contribution in [0.3, 0.4) is 0 Å². The molecule has 10 heteroatoms. The molecule has 1 amide bonds. The summed E-state index contributed by atoms with van der Waals surface area (Å²) in [6.07, 6.45) is 1.21. The van der Waals surface area contributed by atoms with Gasteiger partial charge in [0, 0.05) is 11.8 Å². The molecule has 0 aromatic carbocycles. The number of anilines is 2. The summed E-state index contributed by atoms with van der Waals surface area (Å²) in [6, 6.07) is 1.65. The first-order valence-corrected chi connectivity index (χ1v) is 6.58. The minimum absolute atomic E-state index is 0.0303. The Balaban J connectivity index is 2.09. The van der Waals surface area contributed by atoms with Crippen molar-refractivity contribution in [3.8, 4) is 0 Å². The van der Waals surface area contributed by atoms with Crippen LogP contribution < -0.4 is 11.1 Å². The lowest BCUT2D eigenvalue weighted by Crippen LogP contribution is -2.14. The third kappa shape index (κ3) is 2.50. The number of nitrogens with zero attached hydrogens (tertiary/aromatic N) is 5. The molecule has 0 fully saturated rings. The van der Waals surface area contributed by atoms with Crippen LogP contribution in [-0.4, -0.2) is 42.5 Å². The molecular weight excluding hydrogens is 303 g/mol. The van der Waals surface area contributed by atoms with Crippen LogP contribution >= 0.6 is 0 Å². The second kappa shape index (κ2) is 5.48. The van der Waals surface area contributed by atoms with Gasteiger partial charge in [0.15, 0.2) is 17.2 Å². The van der Waals surface area contributed by atoms with Gasteiger partial charge in [-0.2, -0.15) is 10.2 Å². The number of halogens is 1. The van der Waals surface area contributed by atoms with E-state index in [4.69, 9.17) is 5.73 Å². The second-order valence-corrected chi connectivity index (χ2v) is 4.81. The summed E-state index contributed by atoms with van der Waals surface area (Å²) in [4.78, 5) is 20.3. The molecule has 0 atom stereocenters. The average molecular weight is 316 g/mol. The Labute approximate surface area is 129 Å². The molecule has 0 bridgehead atoms. The number of fused-ring (bicyclic) bond motifs is 1. The van der Waals surface area contributed by atoms with E-state index in [1.54, 1.807) is 13.0 Å². The quantitative estimate of drug-likeness (QED) is 0.662. The predicted molar refractivity (Wildman–Crippen MR) is 82.3 cm³/mol. The van der Waals surface area contributed by atoms with E-state index in [0.717, 1.165) is 10.4 Å². The van der Waals surface area contributed by atoms with Gasteiger partial charge in [-0.05, 0) is 6.92 Å². The molecule has 0 aliphatic rings. The Morgan fingerprint density at radius 2 is 2.30 bits per heavy atom. The Bertz CT molecular complexity index is 912. The highest BCUT2D eigenvalue weighted by Crippen LogP contribution is 2.24. The summed E-state index contributed by atoms with van der Waals surface area (Å²) in [5, 5.41) is 13.5. The number of hydrogen-bond acceptors (Lipinski definition) is 6. The van der Waals surface area contributed by atoms with Gasteiger partial charge in [0.05, 0.1) is 11.1 Å². The summed E-state index contributed by atoms with van der Waals surface area (Å²) in [5.41, 5.74) is 6.81. The lowest BCUT2D eigenvalue weighted by molar-refractivity contribution is 0.102. The molecule has 3 heterocycles. The molecule has 3 aromatic rings. The normalized spacial score (nSPS) is 10.9. The maximum Gasteiger partial charge on any atom is 0.278 e. The Morgan fingerprint density at radius 3 is 2.96 bits per heavy atom. The van der Waals surface area contributed by atoms with Crippen molar-refractivity contribution < 1.29 is 9.18 Å². The van der Waals surface area contributed by atoms with E-state index in [1.807, 2.05) is 0 Å². The van der Waals surface area contributed by atoms with Gasteiger partial charge >= 0.3 is 0 Å². The summed E-state index contributed by atoms with van der Waals surface area (Å²) < 4.78 is 14.0. The van der Waals surface area contributed by atoms with E-state index in [2.05, 4.69) is 37.2 Å². The SMILES string of the molecule is C=C(CF)n1nc(C(=O)Nc2cc(C)[nH]n2)c2c(N)ncnc21. The molecule has 0 spiro atoms. The Kier molecular flexibility index (Phi) is 3.48. The van der Waals surface area contributed by atoms with E-state index >= 15 is 0 Å². The minimum Gasteiger partial charge on any atom is -0.383 e. The fourth-order valence-corrected chi connectivity index (χ4v) is 2.07. The number of aromatic amines is 1. The zero-order chi connectivity index (χ0) is 16.6. The van der Waals surface area contributed by atoms with Crippen molar-refractivity contribution in [2.24, 2.45) is 0 Å². The topological polar surface area (TPSA) is 127 Å². The number of nitrogen functional groups attached to an aromatic ring is 1. The molecule has 0 aliphatic heterocycles. The molecule has 0 unspecified atom stereocenters. The van der Waals surface area contributed by atoms with Crippen molar-refractivity contribution in [1.82, 2.24) is 29.9 Å². The fraction of sp³-hybridized carbons (Fsp3) is 0.154. The largest absolute Gasteiger partial charge is 0.383 e. The van der Waals surface area contributed by atoms with Gasteiger partial charge in [0.1, 0.15) is 18.8 Å². The third-order valence-electron chi connectivity index (χ3n) is 3.11. The van der Waals surface area contributed by atoms with Crippen molar-refractivity contribution in [1.29, 1.82) is 0 Å². The first-order chi connectivity index (χ1) is 11.0. The number of nitrogens with one attached hydrogen (secondary N) is 2. The Hall–Kier alpha value is -3.30. The molecule has 0 saturated carbocycles.